The quantitative estimate of drug-likeness (QED) is 0.741. The normalized spacial score (nSPS) is 12.5. The van der Waals surface area contributed by atoms with E-state index in [0.717, 1.165) is 0 Å². The number of nitrogens with two attached hydrogens (primary N) is 1. The molecule has 1 aromatic carbocycles. The third-order valence-electron chi connectivity index (χ3n) is 1.76. The molecule has 14 heavy (non-hydrogen) atoms. The highest BCUT2D eigenvalue weighted by molar-refractivity contribution is 5.22. The summed E-state index contributed by atoms with van der Waals surface area (Å²) < 4.78 is 17.9. The lowest BCUT2D eigenvalue weighted by atomic mass is 10.2. The lowest BCUT2D eigenvalue weighted by molar-refractivity contribution is 0.233. The SMILES string of the molecule is NC(CCO)COc1cccc(F)c1. The second kappa shape index (κ2) is 5.57. The fraction of sp³-hybridized carbons (Fsp3) is 0.400. The van der Waals surface area contributed by atoms with Crippen LogP contribution in [0.3, 0.4) is 0 Å². The van der Waals surface area contributed by atoms with Crippen molar-refractivity contribution in [2.24, 2.45) is 5.73 Å². The molecule has 0 aliphatic carbocycles. The molecule has 0 fully saturated rings. The third-order valence-corrected chi connectivity index (χ3v) is 1.76. The van der Waals surface area contributed by atoms with E-state index in [1.54, 1.807) is 12.1 Å². The first-order chi connectivity index (χ1) is 6.72. The maximum Gasteiger partial charge on any atom is 0.126 e. The smallest absolute Gasteiger partial charge is 0.126 e. The fourth-order valence-electron chi connectivity index (χ4n) is 1.01. The van der Waals surface area contributed by atoms with Crippen molar-refractivity contribution in [1.82, 2.24) is 0 Å². The molecule has 0 bridgehead atoms. The molecule has 0 saturated heterocycles. The van der Waals surface area contributed by atoms with E-state index < -0.39 is 0 Å². The Labute approximate surface area is 82.3 Å². The van der Waals surface area contributed by atoms with Gasteiger partial charge in [-0.25, -0.2) is 4.39 Å². The van der Waals surface area contributed by atoms with Gasteiger partial charge in [0.2, 0.25) is 0 Å². The van der Waals surface area contributed by atoms with E-state index in [2.05, 4.69) is 0 Å². The molecule has 0 spiro atoms. The van der Waals surface area contributed by atoms with Gasteiger partial charge in [0.15, 0.2) is 0 Å². The van der Waals surface area contributed by atoms with Crippen molar-refractivity contribution >= 4 is 0 Å². The lowest BCUT2D eigenvalue weighted by Gasteiger charge is -2.11. The van der Waals surface area contributed by atoms with Crippen LogP contribution in [0.5, 0.6) is 5.75 Å². The van der Waals surface area contributed by atoms with Crippen molar-refractivity contribution in [3.05, 3.63) is 30.1 Å². The van der Waals surface area contributed by atoms with Gasteiger partial charge in [-0.1, -0.05) is 6.07 Å². The second-order valence-corrected chi connectivity index (χ2v) is 3.04. The third kappa shape index (κ3) is 3.72. The highest BCUT2D eigenvalue weighted by Crippen LogP contribution is 2.11. The molecule has 78 valence electrons. The van der Waals surface area contributed by atoms with Crippen molar-refractivity contribution in [3.63, 3.8) is 0 Å². The summed E-state index contributed by atoms with van der Waals surface area (Å²) in [7, 11) is 0. The summed E-state index contributed by atoms with van der Waals surface area (Å²) in [5, 5.41) is 8.58. The molecular weight excluding hydrogens is 185 g/mol. The second-order valence-electron chi connectivity index (χ2n) is 3.04. The summed E-state index contributed by atoms with van der Waals surface area (Å²) in [5.74, 6) is 0.122. The number of aliphatic hydroxyl groups is 1. The van der Waals surface area contributed by atoms with E-state index in [1.807, 2.05) is 0 Å². The topological polar surface area (TPSA) is 55.5 Å². The van der Waals surface area contributed by atoms with Crippen molar-refractivity contribution in [1.29, 1.82) is 0 Å². The Morgan fingerprint density at radius 3 is 2.93 bits per heavy atom. The van der Waals surface area contributed by atoms with Crippen LogP contribution in [0.15, 0.2) is 24.3 Å². The van der Waals surface area contributed by atoms with Gasteiger partial charge >= 0.3 is 0 Å². The van der Waals surface area contributed by atoms with Gasteiger partial charge in [-0.15, -0.1) is 0 Å². The highest BCUT2D eigenvalue weighted by atomic mass is 19.1. The van der Waals surface area contributed by atoms with E-state index in [9.17, 15) is 4.39 Å². The molecule has 0 amide bonds. The molecule has 0 aliphatic rings. The number of ether oxygens (including phenoxy) is 1. The maximum absolute atomic E-state index is 12.7. The van der Waals surface area contributed by atoms with Crippen LogP contribution < -0.4 is 10.5 Å². The average Bonchev–Trinajstić information content (AvgIpc) is 2.15. The molecule has 0 heterocycles. The van der Waals surface area contributed by atoms with E-state index >= 15 is 0 Å². The Morgan fingerprint density at radius 2 is 2.29 bits per heavy atom. The van der Waals surface area contributed by atoms with Gasteiger partial charge in [0.1, 0.15) is 18.2 Å². The van der Waals surface area contributed by atoms with Crippen LogP contribution in [-0.2, 0) is 0 Å². The molecule has 0 aliphatic heterocycles. The number of aliphatic hydroxyl groups excluding tert-OH is 1. The number of rotatable bonds is 5. The zero-order chi connectivity index (χ0) is 10.4. The Hall–Kier alpha value is -1.13. The van der Waals surface area contributed by atoms with Crippen molar-refractivity contribution in [3.8, 4) is 5.75 Å². The minimum absolute atomic E-state index is 0.0354. The van der Waals surface area contributed by atoms with Gasteiger partial charge < -0.3 is 15.6 Å². The summed E-state index contributed by atoms with van der Waals surface area (Å²) in [6, 6.07) is 5.66. The summed E-state index contributed by atoms with van der Waals surface area (Å²) in [6.07, 6.45) is 0.481. The number of halogens is 1. The summed E-state index contributed by atoms with van der Waals surface area (Å²) in [6.45, 7) is 0.317. The number of hydrogen-bond acceptors (Lipinski definition) is 3. The molecule has 0 radical (unpaired) electrons. The van der Waals surface area contributed by atoms with Gasteiger partial charge in [-0.3, -0.25) is 0 Å². The van der Waals surface area contributed by atoms with Crippen LogP contribution in [0.25, 0.3) is 0 Å². The first-order valence-corrected chi connectivity index (χ1v) is 4.47. The summed E-state index contributed by atoms with van der Waals surface area (Å²) in [4.78, 5) is 0. The first-order valence-electron chi connectivity index (χ1n) is 4.47. The first kappa shape index (κ1) is 10.9. The minimum Gasteiger partial charge on any atom is -0.492 e. The largest absolute Gasteiger partial charge is 0.492 e. The molecule has 1 aromatic rings. The average molecular weight is 199 g/mol. The predicted octanol–water partition coefficient (Wildman–Crippen LogP) is 0.914. The number of hydrogen-bond donors (Lipinski definition) is 2. The van der Waals surface area contributed by atoms with Gasteiger partial charge in [0, 0.05) is 18.7 Å². The number of benzene rings is 1. The monoisotopic (exact) mass is 199 g/mol. The molecule has 1 atom stereocenters. The molecule has 3 nitrogen and oxygen atoms in total. The van der Waals surface area contributed by atoms with Crippen LogP contribution in [0, 0.1) is 5.82 Å². The van der Waals surface area contributed by atoms with Gasteiger partial charge in [-0.2, -0.15) is 0 Å². The van der Waals surface area contributed by atoms with Gasteiger partial charge in [0.05, 0.1) is 0 Å². The Morgan fingerprint density at radius 1 is 1.50 bits per heavy atom. The predicted molar refractivity (Wildman–Crippen MR) is 51.6 cm³/mol. The van der Waals surface area contributed by atoms with Crippen molar-refractivity contribution in [2.45, 2.75) is 12.5 Å². The highest BCUT2D eigenvalue weighted by Gasteiger charge is 2.02. The zero-order valence-corrected chi connectivity index (χ0v) is 7.82. The molecule has 0 saturated carbocycles. The van der Waals surface area contributed by atoms with Gasteiger partial charge in [-0.05, 0) is 18.6 Å². The van der Waals surface area contributed by atoms with E-state index in [-0.39, 0.29) is 25.1 Å². The summed E-state index contributed by atoms with van der Waals surface area (Å²) in [5.41, 5.74) is 5.59. The molecule has 4 heteroatoms. The van der Waals surface area contributed by atoms with Crippen molar-refractivity contribution in [2.75, 3.05) is 13.2 Å². The fourth-order valence-corrected chi connectivity index (χ4v) is 1.01. The lowest BCUT2D eigenvalue weighted by Crippen LogP contribution is -2.28. The Bertz CT molecular complexity index is 281. The van der Waals surface area contributed by atoms with Crippen LogP contribution in [-0.4, -0.2) is 24.4 Å². The van der Waals surface area contributed by atoms with Crippen LogP contribution >= 0.6 is 0 Å². The molecule has 3 N–H and O–H groups in total. The molecule has 1 rings (SSSR count). The standard InChI is InChI=1S/C10H14FNO2/c11-8-2-1-3-10(6-8)14-7-9(12)4-5-13/h1-3,6,9,13H,4-5,7,12H2. The van der Waals surface area contributed by atoms with E-state index in [4.69, 9.17) is 15.6 Å². The Kier molecular flexibility index (Phi) is 4.35. The summed E-state index contributed by atoms with van der Waals surface area (Å²) >= 11 is 0. The molecule has 0 aromatic heterocycles. The van der Waals surface area contributed by atoms with E-state index in [1.165, 1.54) is 12.1 Å². The van der Waals surface area contributed by atoms with Crippen molar-refractivity contribution < 1.29 is 14.2 Å². The van der Waals surface area contributed by atoms with Crippen LogP contribution in [0.4, 0.5) is 4.39 Å². The maximum atomic E-state index is 12.7. The molecule has 1 unspecified atom stereocenters. The minimum atomic E-state index is -0.335. The van der Waals surface area contributed by atoms with Crippen LogP contribution in [0.1, 0.15) is 6.42 Å². The molecular formula is C10H14FNO2. The van der Waals surface area contributed by atoms with Gasteiger partial charge in [0.25, 0.3) is 0 Å². The van der Waals surface area contributed by atoms with E-state index in [0.29, 0.717) is 12.2 Å². The Balaban J connectivity index is 2.37. The zero-order valence-electron chi connectivity index (χ0n) is 7.82. The van der Waals surface area contributed by atoms with Crippen LogP contribution in [0.2, 0.25) is 0 Å².